The average molecular weight is 559 g/mol. The van der Waals surface area contributed by atoms with Crippen LogP contribution in [0.25, 0.3) is 0 Å². The molecule has 3 fully saturated rings. The Balaban J connectivity index is 1.38. The van der Waals surface area contributed by atoms with Gasteiger partial charge in [0.1, 0.15) is 11.5 Å². The van der Waals surface area contributed by atoms with Crippen LogP contribution in [0.5, 0.6) is 11.5 Å². The number of para-hydroxylation sites is 1. The monoisotopic (exact) mass is 558 g/mol. The van der Waals surface area contributed by atoms with Crippen molar-refractivity contribution in [2.75, 3.05) is 11.5 Å². The zero-order chi connectivity index (χ0) is 29.1. The summed E-state index contributed by atoms with van der Waals surface area (Å²) in [4.78, 5) is 39.5. The number of carbonyl (C=O) groups excluding carboxylic acids is 2. The minimum Gasteiger partial charge on any atom is -0.507 e. The van der Waals surface area contributed by atoms with Crippen LogP contribution in [-0.2, 0) is 14.3 Å². The number of aromatic hydroxyl groups is 1. The number of carbonyl (C=O) groups is 2. The molecule has 0 spiro atoms. The van der Waals surface area contributed by atoms with E-state index in [2.05, 4.69) is 0 Å². The number of phenols is 1. The molecule has 3 aromatic rings. The third-order valence-electron chi connectivity index (χ3n) is 8.74. The average Bonchev–Trinajstić information content (AvgIpc) is 3.44. The lowest BCUT2D eigenvalue weighted by Gasteiger charge is -2.44. The summed E-state index contributed by atoms with van der Waals surface area (Å²) in [6, 6.07) is 18.2. The third kappa shape index (κ3) is 4.43. The summed E-state index contributed by atoms with van der Waals surface area (Å²) in [6.07, 6.45) is -0.179. The fourth-order valence-electron chi connectivity index (χ4n) is 6.77. The van der Waals surface area contributed by atoms with Gasteiger partial charge in [0.05, 0.1) is 35.2 Å². The van der Waals surface area contributed by atoms with Gasteiger partial charge in [-0.25, -0.2) is 4.90 Å². The number of hydrogen-bond donors (Lipinski definition) is 2. The van der Waals surface area contributed by atoms with Crippen molar-refractivity contribution in [3.8, 4) is 11.5 Å². The molecule has 2 aliphatic heterocycles. The molecular weight excluding hydrogens is 528 g/mol. The number of imide groups is 1. The van der Waals surface area contributed by atoms with Gasteiger partial charge in [-0.3, -0.25) is 19.7 Å². The molecule has 2 N–H and O–H groups in total. The molecule has 41 heavy (non-hydrogen) atoms. The highest BCUT2D eigenvalue weighted by Crippen LogP contribution is 2.58. The van der Waals surface area contributed by atoms with E-state index in [1.165, 1.54) is 24.3 Å². The first-order valence-electron chi connectivity index (χ1n) is 13.6. The highest BCUT2D eigenvalue weighted by molar-refractivity contribution is 6.22. The zero-order valence-corrected chi connectivity index (χ0v) is 22.6. The predicted octanol–water partition coefficient (Wildman–Crippen LogP) is 4.59. The predicted molar refractivity (Wildman–Crippen MR) is 147 cm³/mol. The molecule has 3 aromatic carbocycles. The van der Waals surface area contributed by atoms with E-state index in [0.717, 1.165) is 10.5 Å². The van der Waals surface area contributed by atoms with Crippen molar-refractivity contribution in [3.63, 3.8) is 0 Å². The number of hydrogen-bond acceptors (Lipinski definition) is 8. The van der Waals surface area contributed by atoms with Crippen LogP contribution in [0.15, 0.2) is 66.7 Å². The molecule has 10 heteroatoms. The topological polar surface area (TPSA) is 139 Å². The number of non-ortho nitro benzene ring substituents is 1. The Bertz CT molecular complexity index is 1520. The van der Waals surface area contributed by atoms with Crippen LogP contribution in [0.3, 0.4) is 0 Å². The number of rotatable bonds is 6. The van der Waals surface area contributed by atoms with Gasteiger partial charge in [0.2, 0.25) is 11.8 Å². The molecule has 212 valence electrons. The molecule has 0 radical (unpaired) electrons. The van der Waals surface area contributed by atoms with Crippen LogP contribution in [-0.4, -0.2) is 39.3 Å². The Hall–Kier alpha value is -4.28. The zero-order valence-electron chi connectivity index (χ0n) is 22.6. The summed E-state index contributed by atoms with van der Waals surface area (Å²) in [7, 11) is 0. The van der Waals surface area contributed by atoms with Gasteiger partial charge >= 0.3 is 0 Å². The number of anilines is 1. The lowest BCUT2D eigenvalue weighted by molar-refractivity contribution is -0.384. The standard InChI is InChI=1S/C31H30N2O8/c1-17-11-19(12-18(2)28(17)34)26-15-25-27-24(13-20(31(25,37)41-26)16-40-23-9-4-3-5-10-23)29(35)32(30(27)36)21-7-6-8-22(14-21)33(38)39/h3-12,14,20,24-27,34,37H,13,15-16H2,1-2H3/t20-,24+,25+,26+,27+,31-/m1/s1. The molecule has 2 saturated heterocycles. The van der Waals surface area contributed by atoms with E-state index in [4.69, 9.17) is 9.47 Å². The Morgan fingerprint density at radius 1 is 1.02 bits per heavy atom. The second-order valence-electron chi connectivity index (χ2n) is 11.2. The minimum atomic E-state index is -1.77. The first-order valence-corrected chi connectivity index (χ1v) is 13.6. The summed E-state index contributed by atoms with van der Waals surface area (Å²) in [5, 5.41) is 33.9. The summed E-state index contributed by atoms with van der Waals surface area (Å²) >= 11 is 0. The van der Waals surface area contributed by atoms with E-state index in [1.54, 1.807) is 38.1 Å². The lowest BCUT2D eigenvalue weighted by Crippen LogP contribution is -2.55. The lowest BCUT2D eigenvalue weighted by atomic mass is 9.64. The molecule has 0 aromatic heterocycles. The maximum Gasteiger partial charge on any atom is 0.271 e. The van der Waals surface area contributed by atoms with Crippen molar-refractivity contribution in [1.29, 1.82) is 0 Å². The number of amides is 2. The number of ether oxygens (including phenoxy) is 2. The van der Waals surface area contributed by atoms with Crippen molar-refractivity contribution >= 4 is 23.2 Å². The van der Waals surface area contributed by atoms with Crippen molar-refractivity contribution in [3.05, 3.63) is 93.5 Å². The molecule has 1 aliphatic carbocycles. The van der Waals surface area contributed by atoms with Crippen molar-refractivity contribution in [2.24, 2.45) is 23.7 Å². The van der Waals surface area contributed by atoms with Gasteiger partial charge in [0, 0.05) is 24.0 Å². The summed E-state index contributed by atoms with van der Waals surface area (Å²) in [5.74, 6) is -4.94. The Labute approximate surface area is 236 Å². The highest BCUT2D eigenvalue weighted by atomic mass is 16.6. The number of nitro groups is 1. The number of nitro benzene ring substituents is 1. The third-order valence-corrected chi connectivity index (χ3v) is 8.74. The number of nitrogens with zero attached hydrogens (tertiary/aromatic N) is 2. The first-order chi connectivity index (χ1) is 19.6. The summed E-state index contributed by atoms with van der Waals surface area (Å²) in [5.41, 5.74) is 1.98. The molecule has 2 amide bonds. The number of fused-ring (bicyclic) bond motifs is 3. The number of aliphatic hydroxyl groups is 1. The van der Waals surface area contributed by atoms with Crippen LogP contribution in [0, 0.1) is 47.6 Å². The fourth-order valence-corrected chi connectivity index (χ4v) is 6.77. The highest BCUT2D eigenvalue weighted by Gasteiger charge is 2.67. The Kier molecular flexibility index (Phi) is 6.55. The largest absolute Gasteiger partial charge is 0.507 e. The summed E-state index contributed by atoms with van der Waals surface area (Å²) < 4.78 is 12.4. The van der Waals surface area contributed by atoms with Crippen LogP contribution in [0.4, 0.5) is 11.4 Å². The van der Waals surface area contributed by atoms with Crippen LogP contribution in [0.2, 0.25) is 0 Å². The van der Waals surface area contributed by atoms with Crippen molar-refractivity contribution < 1.29 is 34.2 Å². The van der Waals surface area contributed by atoms with E-state index < -0.39 is 52.3 Å². The molecule has 6 rings (SSSR count). The minimum absolute atomic E-state index is 0.0544. The van der Waals surface area contributed by atoms with Gasteiger partial charge in [0.25, 0.3) is 5.69 Å². The van der Waals surface area contributed by atoms with E-state index >= 15 is 0 Å². The number of benzene rings is 3. The van der Waals surface area contributed by atoms with Gasteiger partial charge in [-0.05, 0) is 73.7 Å². The van der Waals surface area contributed by atoms with Gasteiger partial charge in [0.15, 0.2) is 5.79 Å². The molecule has 2 heterocycles. The van der Waals surface area contributed by atoms with Crippen LogP contribution < -0.4 is 9.64 Å². The smallest absolute Gasteiger partial charge is 0.271 e. The number of phenolic OH excluding ortho intramolecular Hbond substituents is 1. The van der Waals surface area contributed by atoms with Crippen molar-refractivity contribution in [1.82, 2.24) is 0 Å². The van der Waals surface area contributed by atoms with E-state index in [0.29, 0.717) is 16.9 Å². The van der Waals surface area contributed by atoms with Gasteiger partial charge in [-0.1, -0.05) is 24.3 Å². The van der Waals surface area contributed by atoms with Gasteiger partial charge in [-0.15, -0.1) is 0 Å². The molecule has 3 aliphatic rings. The van der Waals surface area contributed by atoms with E-state index in [-0.39, 0.29) is 36.6 Å². The molecule has 0 bridgehead atoms. The van der Waals surface area contributed by atoms with Crippen LogP contribution in [0.1, 0.15) is 35.6 Å². The second-order valence-corrected chi connectivity index (χ2v) is 11.2. The molecule has 1 saturated carbocycles. The van der Waals surface area contributed by atoms with Gasteiger partial charge in [-0.2, -0.15) is 0 Å². The molecule has 10 nitrogen and oxygen atoms in total. The Morgan fingerprint density at radius 3 is 2.41 bits per heavy atom. The normalized spacial score (nSPS) is 28.9. The number of aryl methyl sites for hydroxylation is 2. The first kappa shape index (κ1) is 26.9. The Morgan fingerprint density at radius 2 is 1.73 bits per heavy atom. The second kappa shape index (κ2) is 9.97. The van der Waals surface area contributed by atoms with E-state index in [9.17, 15) is 29.9 Å². The van der Waals surface area contributed by atoms with E-state index in [1.807, 2.05) is 18.2 Å². The van der Waals surface area contributed by atoms with Gasteiger partial charge < -0.3 is 19.7 Å². The maximum absolute atomic E-state index is 13.9. The molecule has 6 atom stereocenters. The fraction of sp³-hybridized carbons (Fsp3) is 0.355. The quantitative estimate of drug-likeness (QED) is 0.254. The summed E-state index contributed by atoms with van der Waals surface area (Å²) in [6.45, 7) is 3.62. The van der Waals surface area contributed by atoms with Crippen molar-refractivity contribution in [2.45, 2.75) is 38.6 Å². The maximum atomic E-state index is 13.9. The molecular formula is C31H30N2O8. The van der Waals surface area contributed by atoms with Crippen LogP contribution >= 0.6 is 0 Å². The molecule has 0 unspecified atom stereocenters. The SMILES string of the molecule is Cc1cc([C@@H]2C[C@H]3[C@H]4C(=O)N(c5cccc([N+](=O)[O-])c5)C(=O)[C@H]4C[C@H](COc4ccccc4)[C@@]3(O)O2)cc(C)c1O.